The second-order valence-corrected chi connectivity index (χ2v) is 7.08. The highest BCUT2D eigenvalue weighted by atomic mass is 32.1. The minimum atomic E-state index is 0.515. The second-order valence-electron chi connectivity index (χ2n) is 6.02. The fourth-order valence-electron chi connectivity index (χ4n) is 2.44. The molecule has 1 heterocycles. The maximum absolute atomic E-state index is 4.98. The molecule has 0 radical (unpaired) electrons. The summed E-state index contributed by atoms with van der Waals surface area (Å²) >= 11 is 1.91. The van der Waals surface area contributed by atoms with Gasteiger partial charge in [-0.15, -0.1) is 11.3 Å². The number of nitrogens with zero attached hydrogens (tertiary/aromatic N) is 2. The van der Waals surface area contributed by atoms with Crippen LogP contribution in [-0.2, 0) is 6.54 Å². The minimum Gasteiger partial charge on any atom is -0.345 e. The number of thiazole rings is 1. The quantitative estimate of drug-likeness (QED) is 0.742. The van der Waals surface area contributed by atoms with Crippen LogP contribution in [0.25, 0.3) is 0 Å². The average Bonchev–Trinajstić information content (AvgIpc) is 3.16. The highest BCUT2D eigenvalue weighted by molar-refractivity contribution is 7.15. The van der Waals surface area contributed by atoms with Gasteiger partial charge in [0.05, 0.1) is 5.69 Å². The summed E-state index contributed by atoms with van der Waals surface area (Å²) in [5.41, 5.74) is 1.30. The first-order valence-electron chi connectivity index (χ1n) is 8.14. The van der Waals surface area contributed by atoms with Gasteiger partial charge < -0.3 is 10.2 Å². The van der Waals surface area contributed by atoms with Gasteiger partial charge >= 0.3 is 0 Å². The van der Waals surface area contributed by atoms with Crippen molar-refractivity contribution in [3.8, 4) is 0 Å². The van der Waals surface area contributed by atoms with Gasteiger partial charge in [0, 0.05) is 24.0 Å². The fraction of sp³-hybridized carbons (Fsp3) is 0.812. The summed E-state index contributed by atoms with van der Waals surface area (Å²) in [6.45, 7) is 12.1. The van der Waals surface area contributed by atoms with E-state index >= 15 is 0 Å². The summed E-state index contributed by atoms with van der Waals surface area (Å²) in [5.74, 6) is 0.515. The Kier molecular flexibility index (Phi) is 5.85. The number of rotatable bonds is 9. The highest BCUT2D eigenvalue weighted by Crippen LogP contribution is 2.37. The number of anilines is 1. The van der Waals surface area contributed by atoms with E-state index < -0.39 is 0 Å². The smallest absolute Gasteiger partial charge is 0.186 e. The van der Waals surface area contributed by atoms with Crippen molar-refractivity contribution >= 4 is 16.5 Å². The molecule has 0 amide bonds. The van der Waals surface area contributed by atoms with Gasteiger partial charge in [0.1, 0.15) is 0 Å². The lowest BCUT2D eigenvalue weighted by Crippen LogP contribution is -2.26. The van der Waals surface area contributed by atoms with Crippen LogP contribution < -0.4 is 10.2 Å². The van der Waals surface area contributed by atoms with Crippen LogP contribution in [0.5, 0.6) is 0 Å². The predicted octanol–water partition coefficient (Wildman–Crippen LogP) is 4.14. The van der Waals surface area contributed by atoms with Crippen LogP contribution in [0.3, 0.4) is 0 Å². The molecule has 20 heavy (non-hydrogen) atoms. The first-order chi connectivity index (χ1) is 9.67. The maximum Gasteiger partial charge on any atom is 0.186 e. The van der Waals surface area contributed by atoms with Gasteiger partial charge in [0.25, 0.3) is 0 Å². The van der Waals surface area contributed by atoms with E-state index in [2.05, 4.69) is 37.9 Å². The maximum atomic E-state index is 4.98. The van der Waals surface area contributed by atoms with Crippen molar-refractivity contribution in [3.63, 3.8) is 0 Å². The molecule has 2 rings (SSSR count). The lowest BCUT2D eigenvalue weighted by atomic mass is 10.1. The fourth-order valence-corrected chi connectivity index (χ4v) is 3.72. The van der Waals surface area contributed by atoms with Gasteiger partial charge in [-0.3, -0.25) is 0 Å². The first kappa shape index (κ1) is 15.8. The Morgan fingerprint density at radius 3 is 2.65 bits per heavy atom. The molecule has 0 spiro atoms. The Balaban J connectivity index is 2.16. The van der Waals surface area contributed by atoms with Crippen molar-refractivity contribution in [1.29, 1.82) is 0 Å². The van der Waals surface area contributed by atoms with E-state index in [1.54, 1.807) is 0 Å². The molecule has 1 N–H and O–H groups in total. The Hall–Kier alpha value is -0.610. The Morgan fingerprint density at radius 2 is 2.10 bits per heavy atom. The third kappa shape index (κ3) is 3.95. The Morgan fingerprint density at radius 1 is 1.35 bits per heavy atom. The largest absolute Gasteiger partial charge is 0.345 e. The van der Waals surface area contributed by atoms with Crippen LogP contribution in [0.2, 0.25) is 0 Å². The third-order valence-electron chi connectivity index (χ3n) is 3.78. The summed E-state index contributed by atoms with van der Waals surface area (Å²) in [4.78, 5) is 8.98. The van der Waals surface area contributed by atoms with Gasteiger partial charge in [-0.1, -0.05) is 34.1 Å². The molecule has 0 bridgehead atoms. The predicted molar refractivity (Wildman–Crippen MR) is 88.9 cm³/mol. The molecule has 0 unspecified atom stereocenters. The van der Waals surface area contributed by atoms with E-state index in [0.717, 1.165) is 19.1 Å². The van der Waals surface area contributed by atoms with Gasteiger partial charge in [-0.05, 0) is 31.7 Å². The summed E-state index contributed by atoms with van der Waals surface area (Å²) in [6.07, 6.45) is 5.23. The zero-order chi connectivity index (χ0) is 14.5. The van der Waals surface area contributed by atoms with Crippen molar-refractivity contribution in [2.75, 3.05) is 18.0 Å². The van der Waals surface area contributed by atoms with E-state index in [1.165, 1.54) is 47.9 Å². The molecule has 1 fully saturated rings. The number of hydrogen-bond acceptors (Lipinski definition) is 4. The normalized spacial score (nSPS) is 15.1. The summed E-state index contributed by atoms with van der Waals surface area (Å²) < 4.78 is 0. The van der Waals surface area contributed by atoms with E-state index in [9.17, 15) is 0 Å². The molecule has 1 aromatic rings. The molecule has 3 nitrogen and oxygen atoms in total. The van der Waals surface area contributed by atoms with Gasteiger partial charge in [-0.25, -0.2) is 4.98 Å². The number of hydrogen-bond donors (Lipinski definition) is 1. The van der Waals surface area contributed by atoms with Crippen LogP contribution in [0.1, 0.15) is 69.9 Å². The van der Waals surface area contributed by atoms with Crippen molar-refractivity contribution in [2.24, 2.45) is 0 Å². The molecule has 1 aliphatic carbocycles. The van der Waals surface area contributed by atoms with Crippen LogP contribution >= 0.6 is 11.3 Å². The molecule has 0 atom stereocenters. The topological polar surface area (TPSA) is 28.2 Å². The van der Waals surface area contributed by atoms with Gasteiger partial charge in [-0.2, -0.15) is 0 Å². The molecular weight excluding hydrogens is 266 g/mol. The molecule has 1 aliphatic rings. The zero-order valence-electron chi connectivity index (χ0n) is 13.4. The van der Waals surface area contributed by atoms with Crippen molar-refractivity contribution in [3.05, 3.63) is 10.6 Å². The van der Waals surface area contributed by atoms with Crippen LogP contribution in [0.4, 0.5) is 5.13 Å². The van der Waals surface area contributed by atoms with Crippen molar-refractivity contribution in [1.82, 2.24) is 10.3 Å². The monoisotopic (exact) mass is 295 g/mol. The first-order valence-corrected chi connectivity index (χ1v) is 8.95. The van der Waals surface area contributed by atoms with Gasteiger partial charge in [0.2, 0.25) is 0 Å². The third-order valence-corrected chi connectivity index (χ3v) is 4.89. The molecule has 0 aromatic carbocycles. The van der Waals surface area contributed by atoms with Crippen LogP contribution in [-0.4, -0.2) is 24.1 Å². The van der Waals surface area contributed by atoms with Crippen molar-refractivity contribution < 1.29 is 0 Å². The lowest BCUT2D eigenvalue weighted by molar-refractivity contribution is 0.701. The van der Waals surface area contributed by atoms with Crippen LogP contribution in [0.15, 0.2) is 0 Å². The molecule has 1 saturated carbocycles. The number of unbranched alkanes of at least 4 members (excludes halogenated alkanes) is 1. The van der Waals surface area contributed by atoms with E-state index in [1.807, 2.05) is 11.3 Å². The minimum absolute atomic E-state index is 0.515. The molecular formula is C16H29N3S. The van der Waals surface area contributed by atoms with E-state index in [-0.39, 0.29) is 0 Å². The van der Waals surface area contributed by atoms with E-state index in [0.29, 0.717) is 5.92 Å². The standard InChI is InChI=1S/C16H29N3S/c1-5-7-10-19(13-8-9-13)16-18-15(12(3)4)14(20-16)11-17-6-2/h12-13,17H,5-11H2,1-4H3. The molecule has 4 heteroatoms. The zero-order valence-corrected chi connectivity index (χ0v) is 14.2. The molecule has 0 saturated heterocycles. The van der Waals surface area contributed by atoms with Crippen LogP contribution in [0, 0.1) is 0 Å². The van der Waals surface area contributed by atoms with E-state index in [4.69, 9.17) is 4.98 Å². The number of aromatic nitrogens is 1. The molecule has 0 aliphatic heterocycles. The molecule has 1 aromatic heterocycles. The van der Waals surface area contributed by atoms with Gasteiger partial charge in [0.15, 0.2) is 5.13 Å². The Labute approximate surface area is 127 Å². The average molecular weight is 295 g/mol. The van der Waals surface area contributed by atoms with Crippen molar-refractivity contribution in [2.45, 2.75) is 71.9 Å². The second kappa shape index (κ2) is 7.41. The summed E-state index contributed by atoms with van der Waals surface area (Å²) in [7, 11) is 0. The lowest BCUT2D eigenvalue weighted by Gasteiger charge is -2.21. The Bertz CT molecular complexity index is 410. The number of nitrogens with one attached hydrogen (secondary N) is 1. The SMILES string of the molecule is CCCCN(c1nc(C(C)C)c(CNCC)s1)C1CC1. The summed E-state index contributed by atoms with van der Waals surface area (Å²) in [5, 5.41) is 4.71. The highest BCUT2D eigenvalue weighted by Gasteiger charge is 2.31. The molecule has 114 valence electrons. The summed E-state index contributed by atoms with van der Waals surface area (Å²) in [6, 6.07) is 0.764.